The summed E-state index contributed by atoms with van der Waals surface area (Å²) in [7, 11) is 0. The fourth-order valence-corrected chi connectivity index (χ4v) is 4.86. The molecule has 2 heterocycles. The van der Waals surface area contributed by atoms with Crippen LogP contribution in [0.5, 0.6) is 0 Å². The molecule has 2 unspecified atom stereocenters. The Morgan fingerprint density at radius 3 is 1.29 bits per heavy atom. The molecule has 52 heavy (non-hydrogen) atoms. The number of nitrogens with one attached hydrogen (secondary N) is 6. The van der Waals surface area contributed by atoms with Crippen molar-refractivity contribution >= 4 is 35.6 Å². The van der Waals surface area contributed by atoms with Crippen molar-refractivity contribution in [2.45, 2.75) is 53.0 Å². The summed E-state index contributed by atoms with van der Waals surface area (Å²) in [6, 6.07) is 16.2. The number of ether oxygens (including phenoxy) is 2. The standard InChI is InChI=1S/C36H42N8O8/c1-21(2)25(35(49)51-17-23-11-7-5-8-12-23)43-33(47)29-27(39-19-41-29)31(45)37-15-16-38-32(46)28-30(42-20-40-28)34(48)44-26(22(3)4)36(50)52-18-24-13-9-6-10-14-24/h5-14,19-22,25-26H,15-18H2,1-4H3,(H,37,45)(H,38,46)(H,39,41)(H,40,42)(H,43,47)(H,44,48). The Kier molecular flexibility index (Phi) is 13.8. The van der Waals surface area contributed by atoms with E-state index in [1.54, 1.807) is 27.7 Å². The van der Waals surface area contributed by atoms with Gasteiger partial charge in [0.1, 0.15) is 36.7 Å². The number of imidazole rings is 2. The summed E-state index contributed by atoms with van der Waals surface area (Å²) < 4.78 is 10.8. The van der Waals surface area contributed by atoms with Gasteiger partial charge < -0.3 is 40.7 Å². The van der Waals surface area contributed by atoms with Crippen LogP contribution in [0.2, 0.25) is 0 Å². The number of amides is 4. The van der Waals surface area contributed by atoms with E-state index in [1.807, 2.05) is 60.7 Å². The molecule has 4 rings (SSSR count). The molecule has 0 fully saturated rings. The molecule has 0 bridgehead atoms. The largest absolute Gasteiger partial charge is 0.459 e. The maximum Gasteiger partial charge on any atom is 0.329 e. The molecule has 0 saturated carbocycles. The Labute approximate surface area is 299 Å². The average molecular weight is 715 g/mol. The van der Waals surface area contributed by atoms with Crippen LogP contribution >= 0.6 is 0 Å². The molecule has 16 nitrogen and oxygen atoms in total. The van der Waals surface area contributed by atoms with Crippen LogP contribution in [0.1, 0.15) is 80.8 Å². The number of benzene rings is 2. The number of rotatable bonds is 17. The fourth-order valence-electron chi connectivity index (χ4n) is 4.86. The van der Waals surface area contributed by atoms with Crippen LogP contribution in [0.3, 0.4) is 0 Å². The molecular formula is C36H42N8O8. The van der Waals surface area contributed by atoms with Gasteiger partial charge in [0.15, 0.2) is 11.4 Å². The molecule has 2 aromatic carbocycles. The van der Waals surface area contributed by atoms with Gasteiger partial charge in [-0.05, 0) is 23.0 Å². The van der Waals surface area contributed by atoms with Crippen molar-refractivity contribution in [2.24, 2.45) is 11.8 Å². The zero-order chi connectivity index (χ0) is 37.6. The number of aromatic nitrogens is 4. The maximum absolute atomic E-state index is 13.1. The minimum atomic E-state index is -1.00. The number of hydrogen-bond donors (Lipinski definition) is 6. The van der Waals surface area contributed by atoms with Gasteiger partial charge in [-0.3, -0.25) is 19.2 Å². The quantitative estimate of drug-likeness (QED) is 0.0691. The molecular weight excluding hydrogens is 672 g/mol. The van der Waals surface area contributed by atoms with Gasteiger partial charge in [0.2, 0.25) is 0 Å². The fraction of sp³-hybridized carbons (Fsp3) is 0.333. The van der Waals surface area contributed by atoms with Crippen molar-refractivity contribution in [3.05, 3.63) is 107 Å². The molecule has 0 spiro atoms. The molecule has 2 aromatic heterocycles. The van der Waals surface area contributed by atoms with Crippen molar-refractivity contribution < 1.29 is 38.2 Å². The van der Waals surface area contributed by atoms with Gasteiger partial charge in [0.25, 0.3) is 23.6 Å². The summed E-state index contributed by atoms with van der Waals surface area (Å²) in [6.45, 7) is 6.90. The van der Waals surface area contributed by atoms with Crippen molar-refractivity contribution in [1.82, 2.24) is 41.2 Å². The van der Waals surface area contributed by atoms with Gasteiger partial charge in [0, 0.05) is 13.1 Å². The Balaban J connectivity index is 1.26. The molecule has 16 heteroatoms. The lowest BCUT2D eigenvalue weighted by atomic mass is 10.0. The smallest absolute Gasteiger partial charge is 0.329 e. The van der Waals surface area contributed by atoms with Crippen molar-refractivity contribution in [3.8, 4) is 0 Å². The topological polar surface area (TPSA) is 226 Å². The summed E-state index contributed by atoms with van der Waals surface area (Å²) in [5, 5.41) is 10.4. The first-order chi connectivity index (χ1) is 25.0. The zero-order valence-corrected chi connectivity index (χ0v) is 29.2. The minimum Gasteiger partial charge on any atom is -0.459 e. The van der Waals surface area contributed by atoms with Crippen molar-refractivity contribution in [1.29, 1.82) is 0 Å². The molecule has 0 saturated heterocycles. The Morgan fingerprint density at radius 1 is 0.577 bits per heavy atom. The third kappa shape index (κ3) is 10.6. The lowest BCUT2D eigenvalue weighted by Crippen LogP contribution is -2.46. The predicted octanol–water partition coefficient (Wildman–Crippen LogP) is 2.29. The van der Waals surface area contributed by atoms with E-state index in [2.05, 4.69) is 41.2 Å². The van der Waals surface area contributed by atoms with Crippen LogP contribution in [-0.2, 0) is 32.3 Å². The number of H-pyrrole nitrogens is 2. The van der Waals surface area contributed by atoms with E-state index in [-0.39, 0.29) is 60.9 Å². The molecule has 0 aliphatic rings. The Bertz CT molecular complexity index is 1700. The number of carbonyl (C=O) groups is 6. The highest BCUT2D eigenvalue weighted by atomic mass is 16.5. The lowest BCUT2D eigenvalue weighted by Gasteiger charge is -2.20. The molecule has 0 aliphatic heterocycles. The first-order valence-corrected chi connectivity index (χ1v) is 16.6. The first kappa shape index (κ1) is 38.5. The Hall–Kier alpha value is -6.32. The second-order valence-corrected chi connectivity index (χ2v) is 12.3. The molecule has 0 aliphatic carbocycles. The van der Waals surface area contributed by atoms with Gasteiger partial charge in [-0.2, -0.15) is 0 Å². The van der Waals surface area contributed by atoms with Crippen molar-refractivity contribution in [3.63, 3.8) is 0 Å². The highest BCUT2D eigenvalue weighted by molar-refractivity contribution is 6.06. The summed E-state index contributed by atoms with van der Waals surface area (Å²) in [6.07, 6.45) is 2.34. The third-order valence-corrected chi connectivity index (χ3v) is 7.72. The molecule has 4 aromatic rings. The molecule has 6 N–H and O–H groups in total. The molecule has 0 radical (unpaired) electrons. The highest BCUT2D eigenvalue weighted by Crippen LogP contribution is 2.12. The number of nitrogens with zero attached hydrogens (tertiary/aromatic N) is 2. The molecule has 2 atom stereocenters. The van der Waals surface area contributed by atoms with Gasteiger partial charge in [-0.1, -0.05) is 88.4 Å². The molecule has 4 amide bonds. The average Bonchev–Trinajstić information content (AvgIpc) is 3.84. The highest BCUT2D eigenvalue weighted by Gasteiger charge is 2.31. The van der Waals surface area contributed by atoms with E-state index in [0.29, 0.717) is 0 Å². The first-order valence-electron chi connectivity index (χ1n) is 16.6. The SMILES string of the molecule is CC(C)C(NC(=O)c1nc[nH]c1C(=O)NCCNC(=O)c1[nH]cnc1C(=O)NC(C(=O)OCc1ccccc1)C(C)C)C(=O)OCc1ccccc1. The predicted molar refractivity (Wildman–Crippen MR) is 187 cm³/mol. The Morgan fingerprint density at radius 2 is 0.942 bits per heavy atom. The zero-order valence-electron chi connectivity index (χ0n) is 29.2. The van der Waals surface area contributed by atoms with Gasteiger partial charge in [-0.15, -0.1) is 0 Å². The van der Waals surface area contributed by atoms with E-state index in [0.717, 1.165) is 11.1 Å². The van der Waals surface area contributed by atoms with E-state index < -0.39 is 47.7 Å². The van der Waals surface area contributed by atoms with Gasteiger partial charge in [-0.25, -0.2) is 19.6 Å². The van der Waals surface area contributed by atoms with E-state index >= 15 is 0 Å². The summed E-state index contributed by atoms with van der Waals surface area (Å²) >= 11 is 0. The van der Waals surface area contributed by atoms with Crippen LogP contribution in [0.4, 0.5) is 0 Å². The van der Waals surface area contributed by atoms with Gasteiger partial charge in [0.05, 0.1) is 12.7 Å². The number of carbonyl (C=O) groups excluding carboxylic acids is 6. The number of esters is 2. The second-order valence-electron chi connectivity index (χ2n) is 12.3. The van der Waals surface area contributed by atoms with Crippen LogP contribution < -0.4 is 21.3 Å². The normalized spacial score (nSPS) is 12.0. The summed E-state index contributed by atoms with van der Waals surface area (Å²) in [5.41, 5.74) is 0.796. The van der Waals surface area contributed by atoms with Crippen LogP contribution in [0.15, 0.2) is 73.3 Å². The van der Waals surface area contributed by atoms with Crippen LogP contribution in [0.25, 0.3) is 0 Å². The van der Waals surface area contributed by atoms with E-state index in [9.17, 15) is 28.8 Å². The molecule has 274 valence electrons. The van der Waals surface area contributed by atoms with E-state index in [4.69, 9.17) is 9.47 Å². The van der Waals surface area contributed by atoms with E-state index in [1.165, 1.54) is 12.7 Å². The summed E-state index contributed by atoms with van der Waals surface area (Å²) in [4.78, 5) is 90.8. The maximum atomic E-state index is 13.1. The van der Waals surface area contributed by atoms with Gasteiger partial charge >= 0.3 is 11.9 Å². The number of hydrogen-bond acceptors (Lipinski definition) is 10. The monoisotopic (exact) mass is 714 g/mol. The second kappa shape index (κ2) is 18.6. The van der Waals surface area contributed by atoms with Crippen LogP contribution in [0, 0.1) is 11.8 Å². The van der Waals surface area contributed by atoms with Crippen molar-refractivity contribution in [2.75, 3.05) is 13.1 Å². The minimum absolute atomic E-state index is 0.0326. The van der Waals surface area contributed by atoms with Crippen LogP contribution in [-0.4, -0.2) is 80.7 Å². The number of aromatic amines is 2. The lowest BCUT2D eigenvalue weighted by molar-refractivity contribution is -0.149. The summed E-state index contributed by atoms with van der Waals surface area (Å²) in [5.74, 6) is -4.83. The third-order valence-electron chi connectivity index (χ3n) is 7.72.